The summed E-state index contributed by atoms with van der Waals surface area (Å²) in [4.78, 5) is 7.13. The van der Waals surface area contributed by atoms with Gasteiger partial charge in [-0.1, -0.05) is 90.6 Å². The lowest BCUT2D eigenvalue weighted by Crippen LogP contribution is -2.36. The summed E-state index contributed by atoms with van der Waals surface area (Å²) in [6.07, 6.45) is -4.30. The predicted molar refractivity (Wildman–Crippen MR) is 267 cm³/mol. The molecule has 8 aromatic rings. The Labute approximate surface area is 409 Å². The third kappa shape index (κ3) is 8.09. The third-order valence-corrected chi connectivity index (χ3v) is 11.7. The number of fused-ring (bicyclic) bond motifs is 6. The minimum Gasteiger partial charge on any atom is -0.466 e. The predicted octanol–water partition coefficient (Wildman–Crippen LogP) is 15.8. The van der Waals surface area contributed by atoms with Gasteiger partial charge in [-0.05, 0) is 110 Å². The van der Waals surface area contributed by atoms with E-state index in [-0.39, 0.29) is 102 Å². The summed E-state index contributed by atoms with van der Waals surface area (Å²) < 4.78 is 184. The van der Waals surface area contributed by atoms with Crippen molar-refractivity contribution >= 4 is 55.3 Å². The third-order valence-electron chi connectivity index (χ3n) is 11.7. The van der Waals surface area contributed by atoms with E-state index in [0.717, 1.165) is 0 Å². The second kappa shape index (κ2) is 17.7. The SMILES string of the molecule is [2H]c1c(C([2H])([2H])C(C)C)c(C([2H])([2H])[2H])c(C)[n+](C)c1-c1c(C)ccc2c1oc1c([N+]#[C-])cc(C([2H])(C)C([2H])([2H])[2H])cc12.[2H]c1c(C([2H])([2H])C(C)C)c(C([2H])([2H])[2H])c(C)[n+](C)c1-c1c(C)ccc2c1oc1c([N+]#[C-])cc(C([2H])(C)C([2H])([2H])[2H])cc12. The van der Waals surface area contributed by atoms with Crippen molar-refractivity contribution in [2.45, 2.75) is 121 Å². The molecule has 0 aliphatic rings. The number of benzene rings is 4. The molecular weight excluding hydrogens is 785 g/mol. The van der Waals surface area contributed by atoms with Gasteiger partial charge in [0.15, 0.2) is 11.4 Å². The summed E-state index contributed by atoms with van der Waals surface area (Å²) in [5.74, 6) is -5.28. The maximum absolute atomic E-state index is 9.27. The fraction of sp³-hybridized carbons (Fsp3) is 0.379. The average Bonchev–Trinajstić information content (AvgIpc) is 1.60. The summed E-state index contributed by atoms with van der Waals surface area (Å²) in [6, 6.07) is 12.3. The first-order valence-corrected chi connectivity index (χ1v) is 21.0. The smallest absolute Gasteiger partial charge is 0.229 e. The van der Waals surface area contributed by atoms with Gasteiger partial charge in [0, 0.05) is 83.3 Å². The second-order valence-corrected chi connectivity index (χ2v) is 17.0. The van der Waals surface area contributed by atoms with Gasteiger partial charge in [-0.2, -0.15) is 9.13 Å². The fourth-order valence-corrected chi connectivity index (χ4v) is 8.05. The number of nitrogens with zero attached hydrogens (tertiary/aromatic N) is 4. The van der Waals surface area contributed by atoms with Crippen LogP contribution < -0.4 is 9.13 Å². The number of pyridine rings is 2. The molecule has 64 heavy (non-hydrogen) atoms. The van der Waals surface area contributed by atoms with E-state index in [9.17, 15) is 2.74 Å². The van der Waals surface area contributed by atoms with Crippen LogP contribution in [-0.4, -0.2) is 0 Å². The second-order valence-electron chi connectivity index (χ2n) is 17.0. The summed E-state index contributed by atoms with van der Waals surface area (Å²) in [5.41, 5.74) is 3.71. The molecule has 4 heterocycles. The van der Waals surface area contributed by atoms with Crippen LogP contribution in [-0.2, 0) is 26.8 Å². The summed E-state index contributed by atoms with van der Waals surface area (Å²) in [5, 5.41) is 1.90. The Hall–Kier alpha value is -6.24. The van der Waals surface area contributed by atoms with Gasteiger partial charge in [-0.15, -0.1) is 0 Å². The van der Waals surface area contributed by atoms with Crippen LogP contribution in [0.15, 0.2) is 69.5 Å². The van der Waals surface area contributed by atoms with Crippen LogP contribution in [0, 0.1) is 66.4 Å². The molecule has 0 bridgehead atoms. The number of hydrogen-bond donors (Lipinski definition) is 0. The average molecular weight is 871 g/mol. The maximum Gasteiger partial charge on any atom is 0.229 e. The Morgan fingerprint density at radius 3 is 1.33 bits per heavy atom. The number of furan rings is 2. The Balaban J connectivity index is 0.000000241. The molecule has 0 amide bonds. The lowest BCUT2D eigenvalue weighted by Gasteiger charge is -2.14. The van der Waals surface area contributed by atoms with E-state index in [1.807, 2.05) is 0 Å². The first kappa shape index (κ1) is 26.5. The molecule has 4 aromatic heterocycles. The molecule has 328 valence electrons. The zero-order valence-corrected chi connectivity index (χ0v) is 38.4. The summed E-state index contributed by atoms with van der Waals surface area (Å²) in [6.45, 7) is 20.7. The molecule has 6 nitrogen and oxygen atoms in total. The minimum atomic E-state index is -2.68. The molecule has 8 rings (SSSR count). The monoisotopic (exact) mass is 871 g/mol. The molecule has 0 spiro atoms. The lowest BCUT2D eigenvalue weighted by atomic mass is 9.93. The van der Waals surface area contributed by atoms with Gasteiger partial charge < -0.3 is 8.83 Å². The van der Waals surface area contributed by atoms with Crippen molar-refractivity contribution in [2.75, 3.05) is 0 Å². The number of aromatic nitrogens is 2. The highest BCUT2D eigenvalue weighted by atomic mass is 16.3. The summed E-state index contributed by atoms with van der Waals surface area (Å²) >= 11 is 0. The van der Waals surface area contributed by atoms with Gasteiger partial charge in [0.25, 0.3) is 0 Å². The van der Waals surface area contributed by atoms with Crippen molar-refractivity contribution in [1.29, 1.82) is 0 Å². The van der Waals surface area contributed by atoms with E-state index in [2.05, 4.69) is 9.69 Å². The van der Waals surface area contributed by atoms with E-state index in [4.69, 9.17) is 46.7 Å². The van der Waals surface area contributed by atoms with Crippen molar-refractivity contribution < 1.29 is 45.4 Å². The van der Waals surface area contributed by atoms with E-state index < -0.39 is 63.8 Å². The van der Waals surface area contributed by atoms with Crippen molar-refractivity contribution in [3.63, 3.8) is 0 Å². The van der Waals surface area contributed by atoms with Gasteiger partial charge in [-0.3, -0.25) is 0 Å². The molecule has 2 atom stereocenters. The molecule has 0 radical (unpaired) electrons. The molecule has 0 saturated heterocycles. The largest absolute Gasteiger partial charge is 0.466 e. The van der Waals surface area contributed by atoms with E-state index in [0.29, 0.717) is 43.8 Å². The quantitative estimate of drug-likeness (QED) is 0.113. The number of hydrogen-bond acceptors (Lipinski definition) is 2. The standard InChI is InChI=1S/2C29H33N2O/c2*1-16(2)12-22-15-26(31(9)20(7)19(22)6)27-18(5)10-11-23-24-13-21(17(3)4)14-25(30-8)28(24)32-29(23)27/h2*10-11,13-17H,12H2,1-7,9H3/q2*+1/i2*3D3,6D3,12D2,15D,17D. The molecule has 4 aromatic carbocycles. The first-order valence-electron chi connectivity index (χ1n) is 31.0. The maximum atomic E-state index is 9.27. The minimum absolute atomic E-state index is 0.0336. The Morgan fingerprint density at radius 2 is 1.00 bits per heavy atom. The normalized spacial score (nSPS) is 19.4. The zero-order chi connectivity index (χ0) is 63.8. The lowest BCUT2D eigenvalue weighted by molar-refractivity contribution is -0.667. The van der Waals surface area contributed by atoms with Gasteiger partial charge in [-0.25, -0.2) is 9.69 Å². The van der Waals surface area contributed by atoms with Crippen molar-refractivity contribution in [2.24, 2.45) is 25.9 Å². The highest BCUT2D eigenvalue weighted by Crippen LogP contribution is 2.44. The Kier molecular flexibility index (Phi) is 7.35. The van der Waals surface area contributed by atoms with Gasteiger partial charge in [0.2, 0.25) is 22.8 Å². The van der Waals surface area contributed by atoms with Gasteiger partial charge in [0.1, 0.15) is 36.4 Å². The molecule has 0 saturated carbocycles. The highest BCUT2D eigenvalue weighted by Gasteiger charge is 2.28. The molecule has 6 heteroatoms. The Morgan fingerprint density at radius 1 is 0.609 bits per heavy atom. The topological polar surface area (TPSA) is 42.8 Å². The molecule has 0 N–H and O–H groups in total. The first-order chi connectivity index (χ1) is 38.2. The van der Waals surface area contributed by atoms with Crippen molar-refractivity contribution in [1.82, 2.24) is 0 Å². The van der Waals surface area contributed by atoms with Crippen molar-refractivity contribution in [3.8, 4) is 22.5 Å². The van der Waals surface area contributed by atoms with Gasteiger partial charge in [0.05, 0.1) is 27.0 Å². The van der Waals surface area contributed by atoms with E-state index in [1.54, 1.807) is 115 Å². The molecule has 2 unspecified atom stereocenters. The van der Waals surface area contributed by atoms with E-state index >= 15 is 0 Å². The van der Waals surface area contributed by atoms with E-state index in [1.165, 1.54) is 26.0 Å². The Bertz CT molecular complexity index is 3840. The van der Waals surface area contributed by atoms with Crippen LogP contribution in [0.5, 0.6) is 0 Å². The van der Waals surface area contributed by atoms with Crippen LogP contribution in [0.3, 0.4) is 0 Å². The van der Waals surface area contributed by atoms with Crippen molar-refractivity contribution in [3.05, 3.63) is 139 Å². The molecule has 0 aliphatic carbocycles. The summed E-state index contributed by atoms with van der Waals surface area (Å²) in [7, 11) is 3.25. The molecular formula is C58H66N4O2+2. The van der Waals surface area contributed by atoms with Crippen LogP contribution in [0.1, 0.15) is 150 Å². The molecule has 0 aliphatic heterocycles. The van der Waals surface area contributed by atoms with Crippen LogP contribution in [0.4, 0.5) is 11.4 Å². The van der Waals surface area contributed by atoms with Crippen LogP contribution >= 0.6 is 0 Å². The fourth-order valence-electron chi connectivity index (χ4n) is 8.05. The van der Waals surface area contributed by atoms with Gasteiger partial charge >= 0.3 is 0 Å². The molecule has 0 fully saturated rings. The zero-order valence-electron chi connectivity index (χ0n) is 58.4. The van der Waals surface area contributed by atoms with Crippen LogP contribution in [0.2, 0.25) is 0 Å². The highest BCUT2D eigenvalue weighted by molar-refractivity contribution is 6.14. The number of rotatable bonds is 8. The van der Waals surface area contributed by atoms with Crippen LogP contribution in [0.25, 0.3) is 76.1 Å². The number of aryl methyl sites for hydroxylation is 2.